The number of nitrogens with one attached hydrogen (secondary N) is 1. The predicted octanol–water partition coefficient (Wildman–Crippen LogP) is 4.14. The fourth-order valence-electron chi connectivity index (χ4n) is 2.57. The first-order valence-electron chi connectivity index (χ1n) is 9.46. The topological polar surface area (TPSA) is 92.8 Å². The van der Waals surface area contributed by atoms with Crippen molar-refractivity contribution in [2.75, 3.05) is 18.5 Å². The number of halogens is 2. The Labute approximate surface area is 192 Å². The van der Waals surface area contributed by atoms with E-state index in [-0.39, 0.29) is 33.0 Å². The zero-order valence-electron chi connectivity index (χ0n) is 17.6. The van der Waals surface area contributed by atoms with Gasteiger partial charge in [0.05, 0.1) is 15.6 Å². The summed E-state index contributed by atoms with van der Waals surface area (Å²) >= 11 is 12.2. The molecule has 0 unspecified atom stereocenters. The molecule has 0 radical (unpaired) electrons. The molecule has 0 saturated carbocycles. The normalized spacial score (nSPS) is 12.5. The lowest BCUT2D eigenvalue weighted by Crippen LogP contribution is -2.37. The van der Waals surface area contributed by atoms with Gasteiger partial charge in [-0.1, -0.05) is 55.2 Å². The van der Waals surface area contributed by atoms with Gasteiger partial charge in [0.15, 0.2) is 6.10 Å². The van der Waals surface area contributed by atoms with Crippen LogP contribution >= 0.6 is 23.2 Å². The zero-order chi connectivity index (χ0) is 23.3. The van der Waals surface area contributed by atoms with Gasteiger partial charge in [0.1, 0.15) is 4.90 Å². The smallest absolute Gasteiger partial charge is 0.340 e. The summed E-state index contributed by atoms with van der Waals surface area (Å²) in [5.74, 6) is -1.33. The highest BCUT2D eigenvalue weighted by Crippen LogP contribution is 2.29. The van der Waals surface area contributed by atoms with Crippen molar-refractivity contribution in [1.29, 1.82) is 0 Å². The third kappa shape index (κ3) is 6.43. The van der Waals surface area contributed by atoms with Crippen LogP contribution in [0.2, 0.25) is 10.0 Å². The number of amides is 1. The minimum Gasteiger partial charge on any atom is -0.449 e. The Bertz CT molecular complexity index is 1060. The molecule has 0 aromatic heterocycles. The fraction of sp³-hybridized carbons (Fsp3) is 0.333. The molecule has 168 valence electrons. The molecule has 0 fully saturated rings. The first kappa shape index (κ1) is 25.1. The van der Waals surface area contributed by atoms with Crippen molar-refractivity contribution in [2.24, 2.45) is 5.92 Å². The van der Waals surface area contributed by atoms with Crippen molar-refractivity contribution >= 4 is 50.8 Å². The van der Waals surface area contributed by atoms with Crippen LogP contribution in [0.1, 0.15) is 31.1 Å². The lowest BCUT2D eigenvalue weighted by Gasteiger charge is -2.22. The van der Waals surface area contributed by atoms with Gasteiger partial charge in [0.2, 0.25) is 10.0 Å². The average molecular weight is 487 g/mol. The molecule has 1 amide bonds. The number of rotatable bonds is 8. The average Bonchev–Trinajstić information content (AvgIpc) is 2.71. The van der Waals surface area contributed by atoms with Crippen LogP contribution in [0.15, 0.2) is 47.4 Å². The Kier molecular flexibility index (Phi) is 8.48. The van der Waals surface area contributed by atoms with Crippen LogP contribution in [0.5, 0.6) is 0 Å². The van der Waals surface area contributed by atoms with E-state index >= 15 is 0 Å². The maximum atomic E-state index is 12.7. The summed E-state index contributed by atoms with van der Waals surface area (Å²) in [6, 6.07) is 11.1. The summed E-state index contributed by atoms with van der Waals surface area (Å²) in [6.07, 6.45) is -1.14. The molecule has 0 heterocycles. The van der Waals surface area contributed by atoms with Crippen molar-refractivity contribution in [3.05, 3.63) is 58.1 Å². The molecule has 2 aromatic rings. The molecule has 0 bridgehead atoms. The van der Waals surface area contributed by atoms with Crippen LogP contribution in [-0.4, -0.2) is 40.0 Å². The van der Waals surface area contributed by atoms with E-state index in [9.17, 15) is 18.0 Å². The number of hydrogen-bond donors (Lipinski definition) is 1. The van der Waals surface area contributed by atoms with Crippen LogP contribution in [0.4, 0.5) is 5.69 Å². The standard InChI is InChI=1S/C21H24Cl2N2O5S/c1-13(2)12-24-31(28,29)19-10-16(17(22)11-18(19)23)21(27)30-14(3)20(26)25(4)15-8-6-5-7-9-15/h5-11,13-14,24H,12H2,1-4H3/t14-/m0/s1. The summed E-state index contributed by atoms with van der Waals surface area (Å²) in [4.78, 5) is 26.3. The van der Waals surface area contributed by atoms with E-state index in [0.29, 0.717) is 5.69 Å². The summed E-state index contributed by atoms with van der Waals surface area (Å²) in [5.41, 5.74) is 0.419. The second-order valence-corrected chi connectivity index (χ2v) is 9.84. The molecule has 0 saturated heterocycles. The third-order valence-corrected chi connectivity index (χ3v) is 6.52. The van der Waals surface area contributed by atoms with Crippen LogP contribution < -0.4 is 9.62 Å². The maximum Gasteiger partial charge on any atom is 0.340 e. The maximum absolute atomic E-state index is 12.7. The van der Waals surface area contributed by atoms with Gasteiger partial charge in [0, 0.05) is 19.3 Å². The first-order valence-corrected chi connectivity index (χ1v) is 11.7. The van der Waals surface area contributed by atoms with Gasteiger partial charge < -0.3 is 9.64 Å². The molecule has 1 atom stereocenters. The van der Waals surface area contributed by atoms with Gasteiger partial charge >= 0.3 is 5.97 Å². The van der Waals surface area contributed by atoms with Crippen LogP contribution in [0.25, 0.3) is 0 Å². The first-order chi connectivity index (χ1) is 14.4. The van der Waals surface area contributed by atoms with E-state index in [2.05, 4.69) is 4.72 Å². The monoisotopic (exact) mass is 486 g/mol. The lowest BCUT2D eigenvalue weighted by atomic mass is 10.2. The van der Waals surface area contributed by atoms with E-state index in [1.807, 2.05) is 19.9 Å². The second-order valence-electron chi connectivity index (χ2n) is 7.29. The number of ether oxygens (including phenoxy) is 1. The number of likely N-dealkylation sites (N-methyl/N-ethyl adjacent to an activating group) is 1. The Morgan fingerprint density at radius 3 is 2.26 bits per heavy atom. The van der Waals surface area contributed by atoms with Gasteiger partial charge in [-0.15, -0.1) is 0 Å². The van der Waals surface area contributed by atoms with Crippen molar-refractivity contribution < 1.29 is 22.7 Å². The minimum atomic E-state index is -3.98. The number of esters is 1. The van der Waals surface area contributed by atoms with Gasteiger partial charge in [-0.2, -0.15) is 0 Å². The Balaban J connectivity index is 2.24. The van der Waals surface area contributed by atoms with Crippen LogP contribution in [0, 0.1) is 5.92 Å². The van der Waals surface area contributed by atoms with Crippen molar-refractivity contribution in [3.8, 4) is 0 Å². The molecule has 0 aliphatic rings. The molecule has 0 aliphatic heterocycles. The zero-order valence-corrected chi connectivity index (χ0v) is 19.9. The highest BCUT2D eigenvalue weighted by atomic mass is 35.5. The lowest BCUT2D eigenvalue weighted by molar-refractivity contribution is -0.126. The summed E-state index contributed by atoms with van der Waals surface area (Å²) in [7, 11) is -2.42. The highest BCUT2D eigenvalue weighted by molar-refractivity contribution is 7.89. The van der Waals surface area contributed by atoms with Gasteiger partial charge in [-0.05, 0) is 37.1 Å². The van der Waals surface area contributed by atoms with E-state index < -0.39 is 28.0 Å². The van der Waals surface area contributed by atoms with E-state index in [0.717, 1.165) is 12.1 Å². The summed E-state index contributed by atoms with van der Waals surface area (Å²) < 4.78 is 32.8. The Morgan fingerprint density at radius 1 is 1.06 bits per heavy atom. The van der Waals surface area contributed by atoms with Crippen LogP contribution in [-0.2, 0) is 19.6 Å². The van der Waals surface area contributed by atoms with Gasteiger partial charge in [-0.25, -0.2) is 17.9 Å². The molecule has 31 heavy (non-hydrogen) atoms. The van der Waals surface area contributed by atoms with Crippen molar-refractivity contribution in [1.82, 2.24) is 4.72 Å². The molecule has 2 aromatic carbocycles. The summed E-state index contributed by atoms with van der Waals surface area (Å²) in [6.45, 7) is 5.31. The van der Waals surface area contributed by atoms with E-state index in [1.165, 1.54) is 11.8 Å². The fourth-order valence-corrected chi connectivity index (χ4v) is 4.63. The van der Waals surface area contributed by atoms with Gasteiger partial charge in [-0.3, -0.25) is 4.79 Å². The number of para-hydroxylation sites is 1. The number of benzene rings is 2. The molecule has 7 nitrogen and oxygen atoms in total. The summed E-state index contributed by atoms with van der Waals surface area (Å²) in [5, 5.41) is -0.223. The van der Waals surface area contributed by atoms with Crippen molar-refractivity contribution in [3.63, 3.8) is 0 Å². The highest BCUT2D eigenvalue weighted by Gasteiger charge is 2.27. The molecule has 0 spiro atoms. The van der Waals surface area contributed by atoms with Crippen LogP contribution in [0.3, 0.4) is 0 Å². The number of hydrogen-bond acceptors (Lipinski definition) is 5. The molecular formula is C21H24Cl2N2O5S. The number of carbonyl (C=O) groups is 2. The second kappa shape index (κ2) is 10.5. The predicted molar refractivity (Wildman–Crippen MR) is 121 cm³/mol. The number of nitrogens with zero attached hydrogens (tertiary/aromatic N) is 1. The minimum absolute atomic E-state index is 0.0683. The number of sulfonamides is 1. The van der Waals surface area contributed by atoms with Gasteiger partial charge in [0.25, 0.3) is 5.91 Å². The molecule has 2 rings (SSSR count). The molecular weight excluding hydrogens is 463 g/mol. The molecule has 1 N–H and O–H groups in total. The van der Waals surface area contributed by atoms with E-state index in [4.69, 9.17) is 27.9 Å². The quantitative estimate of drug-likeness (QED) is 0.566. The van der Waals surface area contributed by atoms with E-state index in [1.54, 1.807) is 31.3 Å². The Morgan fingerprint density at radius 2 is 1.68 bits per heavy atom. The number of anilines is 1. The Hall–Kier alpha value is -2.13. The number of carbonyl (C=O) groups excluding carboxylic acids is 2. The molecule has 0 aliphatic carbocycles. The largest absolute Gasteiger partial charge is 0.449 e. The third-order valence-electron chi connectivity index (χ3n) is 4.32. The SMILES string of the molecule is CC(C)CNS(=O)(=O)c1cc(C(=O)O[C@@H](C)C(=O)N(C)c2ccccc2)c(Cl)cc1Cl. The van der Waals surface area contributed by atoms with Crippen molar-refractivity contribution in [2.45, 2.75) is 31.8 Å². The molecule has 10 heteroatoms.